The van der Waals surface area contributed by atoms with Crippen LogP contribution in [0, 0.1) is 5.92 Å². The monoisotopic (exact) mass is 272 g/mol. The molecule has 2 heterocycles. The molecule has 2 atom stereocenters. The maximum Gasteiger partial charge on any atom is 0.225 e. The van der Waals surface area contributed by atoms with Crippen LogP contribution in [0.1, 0.15) is 36.5 Å². The van der Waals surface area contributed by atoms with E-state index in [1.165, 1.54) is 0 Å². The van der Waals surface area contributed by atoms with E-state index in [1.54, 1.807) is 0 Å². The summed E-state index contributed by atoms with van der Waals surface area (Å²) in [6, 6.07) is 8.08. The summed E-state index contributed by atoms with van der Waals surface area (Å²) in [5.74, 6) is 0.490. The van der Waals surface area contributed by atoms with Gasteiger partial charge in [-0.15, -0.1) is 0 Å². The summed E-state index contributed by atoms with van der Waals surface area (Å²) in [6.45, 7) is 3.59. The Morgan fingerprint density at radius 1 is 1.35 bits per heavy atom. The minimum atomic E-state index is 0.126. The average molecular weight is 272 g/mol. The highest BCUT2D eigenvalue weighted by molar-refractivity contribution is 5.96. The Hall–Kier alpha value is -1.84. The number of fused-ring (bicyclic) bond motifs is 1. The summed E-state index contributed by atoms with van der Waals surface area (Å²) in [5.41, 5.74) is 1.88. The predicted octanol–water partition coefficient (Wildman–Crippen LogP) is 1.99. The van der Waals surface area contributed by atoms with Crippen LogP contribution in [-0.2, 0) is 4.79 Å². The standard InChI is InChI=1S/C16H20N2O2/c1-2-15(19)11-5-7-12(8-6-11)18-9-3-4-13-14(18)10-17-16(13)20/h5-8,13-14H,2-4,9-10H2,1H3,(H,17,20). The molecule has 3 rings (SSSR count). The zero-order chi connectivity index (χ0) is 14.1. The third kappa shape index (κ3) is 2.19. The molecule has 4 heteroatoms. The first-order chi connectivity index (χ1) is 9.70. The summed E-state index contributed by atoms with van der Waals surface area (Å²) in [4.78, 5) is 25.8. The third-order valence-corrected chi connectivity index (χ3v) is 4.44. The number of ketones is 1. The van der Waals surface area contributed by atoms with Crippen molar-refractivity contribution < 1.29 is 9.59 Å². The van der Waals surface area contributed by atoms with Crippen molar-refractivity contribution in [2.24, 2.45) is 5.92 Å². The van der Waals surface area contributed by atoms with Gasteiger partial charge in [0.25, 0.3) is 0 Å². The van der Waals surface area contributed by atoms with Crippen LogP contribution < -0.4 is 10.2 Å². The fraction of sp³-hybridized carbons (Fsp3) is 0.500. The molecule has 2 saturated heterocycles. The molecule has 0 saturated carbocycles. The lowest BCUT2D eigenvalue weighted by molar-refractivity contribution is -0.122. The van der Waals surface area contributed by atoms with Gasteiger partial charge in [-0.3, -0.25) is 9.59 Å². The van der Waals surface area contributed by atoms with Crippen LogP contribution in [0.4, 0.5) is 5.69 Å². The van der Waals surface area contributed by atoms with Crippen LogP contribution in [0.2, 0.25) is 0 Å². The summed E-state index contributed by atoms with van der Waals surface area (Å²) < 4.78 is 0. The van der Waals surface area contributed by atoms with Crippen LogP contribution >= 0.6 is 0 Å². The maximum atomic E-state index is 11.8. The van der Waals surface area contributed by atoms with E-state index in [9.17, 15) is 9.59 Å². The van der Waals surface area contributed by atoms with E-state index in [0.717, 1.165) is 37.2 Å². The lowest BCUT2D eigenvalue weighted by Crippen LogP contribution is -2.45. The first-order valence-corrected chi connectivity index (χ1v) is 7.38. The largest absolute Gasteiger partial charge is 0.366 e. The molecule has 1 N–H and O–H groups in total. The van der Waals surface area contributed by atoms with Gasteiger partial charge in [0.05, 0.1) is 12.0 Å². The first-order valence-electron chi connectivity index (χ1n) is 7.38. The van der Waals surface area contributed by atoms with E-state index in [0.29, 0.717) is 6.42 Å². The first kappa shape index (κ1) is 13.2. The number of carbonyl (C=O) groups is 2. The van der Waals surface area contributed by atoms with Crippen molar-refractivity contribution in [1.82, 2.24) is 5.32 Å². The van der Waals surface area contributed by atoms with Crippen molar-refractivity contribution in [1.29, 1.82) is 0 Å². The van der Waals surface area contributed by atoms with Gasteiger partial charge in [-0.1, -0.05) is 6.92 Å². The average Bonchev–Trinajstić information content (AvgIpc) is 2.88. The van der Waals surface area contributed by atoms with E-state index < -0.39 is 0 Å². The molecule has 0 aromatic heterocycles. The number of hydrogen-bond donors (Lipinski definition) is 1. The van der Waals surface area contributed by atoms with Gasteiger partial charge in [0.15, 0.2) is 5.78 Å². The normalized spacial score (nSPS) is 25.2. The van der Waals surface area contributed by atoms with E-state index in [4.69, 9.17) is 0 Å². The number of Topliss-reactive ketones (excluding diaryl/α,β-unsaturated/α-hetero) is 1. The molecule has 1 amide bonds. The third-order valence-electron chi connectivity index (χ3n) is 4.44. The minimum absolute atomic E-state index is 0.126. The molecule has 0 bridgehead atoms. The second-order valence-electron chi connectivity index (χ2n) is 5.58. The Morgan fingerprint density at radius 3 is 2.80 bits per heavy atom. The van der Waals surface area contributed by atoms with Gasteiger partial charge < -0.3 is 10.2 Å². The van der Waals surface area contributed by atoms with Gasteiger partial charge in [-0.25, -0.2) is 0 Å². The molecule has 2 unspecified atom stereocenters. The fourth-order valence-electron chi connectivity index (χ4n) is 3.32. The van der Waals surface area contributed by atoms with Gasteiger partial charge >= 0.3 is 0 Å². The van der Waals surface area contributed by atoms with Crippen molar-refractivity contribution in [2.75, 3.05) is 18.0 Å². The molecule has 4 nitrogen and oxygen atoms in total. The van der Waals surface area contributed by atoms with Gasteiger partial charge in [0.2, 0.25) is 5.91 Å². The van der Waals surface area contributed by atoms with Gasteiger partial charge in [-0.2, -0.15) is 0 Å². The molecule has 106 valence electrons. The molecule has 0 aliphatic carbocycles. The summed E-state index contributed by atoms with van der Waals surface area (Å²) in [7, 11) is 0. The fourth-order valence-corrected chi connectivity index (χ4v) is 3.32. The van der Waals surface area contributed by atoms with Crippen LogP contribution in [0.5, 0.6) is 0 Å². The zero-order valence-corrected chi connectivity index (χ0v) is 11.8. The summed E-state index contributed by atoms with van der Waals surface area (Å²) >= 11 is 0. The van der Waals surface area contributed by atoms with Crippen LogP contribution in [-0.4, -0.2) is 30.8 Å². The van der Waals surface area contributed by atoms with Crippen molar-refractivity contribution in [2.45, 2.75) is 32.2 Å². The van der Waals surface area contributed by atoms with Crippen LogP contribution in [0.15, 0.2) is 24.3 Å². The lowest BCUT2D eigenvalue weighted by atomic mass is 9.91. The van der Waals surface area contributed by atoms with Crippen molar-refractivity contribution >= 4 is 17.4 Å². The number of anilines is 1. The molecule has 0 spiro atoms. The molecule has 1 aromatic rings. The number of nitrogens with zero attached hydrogens (tertiary/aromatic N) is 1. The van der Waals surface area contributed by atoms with E-state index >= 15 is 0 Å². The molecular formula is C16H20N2O2. The molecule has 1 aromatic carbocycles. The molecular weight excluding hydrogens is 252 g/mol. The highest BCUT2D eigenvalue weighted by Gasteiger charge is 2.40. The van der Waals surface area contributed by atoms with Crippen LogP contribution in [0.3, 0.4) is 0 Å². The van der Waals surface area contributed by atoms with Crippen LogP contribution in [0.25, 0.3) is 0 Å². The van der Waals surface area contributed by atoms with E-state index in [1.807, 2.05) is 31.2 Å². The maximum absolute atomic E-state index is 11.8. The lowest BCUT2D eigenvalue weighted by Gasteiger charge is -2.37. The van der Waals surface area contributed by atoms with Crippen molar-refractivity contribution in [3.63, 3.8) is 0 Å². The number of piperidine rings is 1. The smallest absolute Gasteiger partial charge is 0.225 e. The minimum Gasteiger partial charge on any atom is -0.366 e. The number of rotatable bonds is 3. The highest BCUT2D eigenvalue weighted by Crippen LogP contribution is 2.31. The predicted molar refractivity (Wildman–Crippen MR) is 77.9 cm³/mol. The second kappa shape index (κ2) is 5.27. The Bertz CT molecular complexity index is 524. The molecule has 20 heavy (non-hydrogen) atoms. The zero-order valence-electron chi connectivity index (χ0n) is 11.8. The highest BCUT2D eigenvalue weighted by atomic mass is 16.2. The molecule has 0 radical (unpaired) electrons. The van der Waals surface area contributed by atoms with E-state index in [-0.39, 0.29) is 23.7 Å². The summed E-state index contributed by atoms with van der Waals surface area (Å²) in [6.07, 6.45) is 2.57. The number of amides is 1. The quantitative estimate of drug-likeness (QED) is 0.856. The summed E-state index contributed by atoms with van der Waals surface area (Å²) in [5, 5.41) is 2.97. The molecule has 2 aliphatic rings. The Labute approximate surface area is 119 Å². The van der Waals surface area contributed by atoms with Crippen molar-refractivity contribution in [3.8, 4) is 0 Å². The van der Waals surface area contributed by atoms with Crippen molar-refractivity contribution in [3.05, 3.63) is 29.8 Å². The molecule has 2 fully saturated rings. The number of benzene rings is 1. The Kier molecular flexibility index (Phi) is 3.47. The topological polar surface area (TPSA) is 49.4 Å². The van der Waals surface area contributed by atoms with E-state index in [2.05, 4.69) is 10.2 Å². The number of carbonyl (C=O) groups excluding carboxylic acids is 2. The number of nitrogens with one attached hydrogen (secondary N) is 1. The number of hydrogen-bond acceptors (Lipinski definition) is 3. The van der Waals surface area contributed by atoms with Gasteiger partial charge in [0.1, 0.15) is 0 Å². The second-order valence-corrected chi connectivity index (χ2v) is 5.58. The van der Waals surface area contributed by atoms with Gasteiger partial charge in [-0.05, 0) is 37.1 Å². The Balaban J connectivity index is 1.81. The Morgan fingerprint density at radius 2 is 2.10 bits per heavy atom. The van der Waals surface area contributed by atoms with Gasteiger partial charge in [0, 0.05) is 30.8 Å². The molecule has 2 aliphatic heterocycles. The SMILES string of the molecule is CCC(=O)c1ccc(N2CCCC3C(=O)NCC32)cc1.